The SMILES string of the molecule is CNC(=O)C1=C(Nc2nc(NC3(P(=O)(O)O)C=CC(C)=CC3)ncc2C(F)(F)F)C=CC[N+]1(CC(C)CO)c1cn[nH]c1. The number of nitrogens with one attached hydrogen (secondary N) is 4. The van der Waals surface area contributed by atoms with Crippen LogP contribution in [0.5, 0.6) is 0 Å². The molecule has 0 fully saturated rings. The number of rotatable bonds is 10. The van der Waals surface area contributed by atoms with Gasteiger partial charge in [-0.2, -0.15) is 23.3 Å². The number of nitrogens with zero attached hydrogens (tertiary/aromatic N) is 4. The number of aromatic amines is 1. The summed E-state index contributed by atoms with van der Waals surface area (Å²) in [6.07, 6.45) is 5.87. The first-order valence-corrected chi connectivity index (χ1v) is 14.8. The highest BCUT2D eigenvalue weighted by Gasteiger charge is 2.47. The van der Waals surface area contributed by atoms with Crippen molar-refractivity contribution in [2.75, 3.05) is 37.4 Å². The Morgan fingerprint density at radius 3 is 2.58 bits per heavy atom. The van der Waals surface area contributed by atoms with Crippen LogP contribution in [0.4, 0.5) is 30.6 Å². The molecule has 17 heteroatoms. The van der Waals surface area contributed by atoms with E-state index in [0.717, 1.165) is 5.57 Å². The first-order valence-electron chi connectivity index (χ1n) is 13.2. The minimum absolute atomic E-state index is 0.0205. The van der Waals surface area contributed by atoms with E-state index < -0.39 is 42.3 Å². The summed E-state index contributed by atoms with van der Waals surface area (Å²) in [6, 6.07) is 0. The molecule has 0 saturated carbocycles. The van der Waals surface area contributed by atoms with Crippen LogP contribution in [0.3, 0.4) is 0 Å². The Morgan fingerprint density at radius 2 is 2.02 bits per heavy atom. The number of halogens is 3. The molecule has 3 unspecified atom stereocenters. The van der Waals surface area contributed by atoms with Crippen molar-refractivity contribution < 1.29 is 37.4 Å². The van der Waals surface area contributed by atoms with Crippen molar-refractivity contribution in [1.29, 1.82) is 0 Å². The predicted octanol–water partition coefficient (Wildman–Crippen LogP) is 2.99. The first-order chi connectivity index (χ1) is 20.2. The third kappa shape index (κ3) is 6.43. The number of alkyl halides is 3. The molecule has 0 spiro atoms. The maximum absolute atomic E-state index is 14.2. The average molecular weight is 626 g/mol. The van der Waals surface area contributed by atoms with Crippen molar-refractivity contribution in [3.8, 4) is 0 Å². The fourth-order valence-corrected chi connectivity index (χ4v) is 5.87. The lowest BCUT2D eigenvalue weighted by Crippen LogP contribution is -2.57. The van der Waals surface area contributed by atoms with Crippen LogP contribution in [0.25, 0.3) is 0 Å². The molecular formula is C26H33F3N8O5P+. The van der Waals surface area contributed by atoms with Crippen LogP contribution in [-0.4, -0.2) is 73.0 Å². The highest BCUT2D eigenvalue weighted by molar-refractivity contribution is 7.54. The average Bonchev–Trinajstić information content (AvgIpc) is 3.49. The van der Waals surface area contributed by atoms with E-state index in [-0.39, 0.29) is 47.9 Å². The number of hydrogen-bond acceptors (Lipinski definition) is 8. The van der Waals surface area contributed by atoms with E-state index >= 15 is 0 Å². The normalized spacial score (nSPS) is 23.1. The molecule has 3 heterocycles. The van der Waals surface area contributed by atoms with Crippen molar-refractivity contribution in [3.63, 3.8) is 0 Å². The summed E-state index contributed by atoms with van der Waals surface area (Å²) in [5.74, 6) is -2.16. The lowest BCUT2D eigenvalue weighted by atomic mass is 10.0. The maximum Gasteiger partial charge on any atom is 0.421 e. The number of carbonyl (C=O) groups is 1. The van der Waals surface area contributed by atoms with E-state index in [1.807, 2.05) is 0 Å². The zero-order valence-electron chi connectivity index (χ0n) is 23.6. The Labute approximate surface area is 245 Å². The number of amides is 1. The van der Waals surface area contributed by atoms with Crippen molar-refractivity contribution in [2.45, 2.75) is 31.7 Å². The molecule has 2 aromatic heterocycles. The van der Waals surface area contributed by atoms with Gasteiger partial charge in [-0.3, -0.25) is 14.5 Å². The van der Waals surface area contributed by atoms with Gasteiger partial charge in [0.15, 0.2) is 11.0 Å². The first kappa shape index (κ1) is 32.1. The standard InChI is InChI=1S/C26H32F3N8O5P/c1-16-6-8-25(9-7-16,43(40,41)42)36-24-31-13-19(26(27,28)29)22(35-24)34-20-5-4-10-37(14-17(2)15-38,18-11-32-33-12-18)21(20)23(39)30-3/h4-8,11-13,17,38H,9-10,14-15H2,1-3H3,(H5-,30,31,32,33,34,35,36,39,40,41,42)/p+1. The number of aliphatic hydroxyl groups excluding tert-OH is 1. The van der Waals surface area contributed by atoms with Gasteiger partial charge in [0.2, 0.25) is 11.6 Å². The van der Waals surface area contributed by atoms with Crippen LogP contribution >= 0.6 is 7.60 Å². The molecule has 2 aromatic rings. The second-order valence-corrected chi connectivity index (χ2v) is 12.4. The Balaban J connectivity index is 1.87. The second-order valence-electron chi connectivity index (χ2n) is 10.5. The summed E-state index contributed by atoms with van der Waals surface area (Å²) in [5.41, 5.74) is 0.0168. The number of allylic oxidation sites excluding steroid dienone is 3. The number of aromatic nitrogens is 4. The Morgan fingerprint density at radius 1 is 1.28 bits per heavy atom. The molecule has 0 radical (unpaired) electrons. The van der Waals surface area contributed by atoms with Gasteiger partial charge in [-0.25, -0.2) is 9.47 Å². The van der Waals surface area contributed by atoms with Crippen molar-refractivity contribution in [2.24, 2.45) is 5.92 Å². The molecule has 1 amide bonds. The highest BCUT2D eigenvalue weighted by Crippen LogP contribution is 2.54. The highest BCUT2D eigenvalue weighted by atomic mass is 31.2. The molecule has 13 nitrogen and oxygen atoms in total. The van der Waals surface area contributed by atoms with Gasteiger partial charge in [0.25, 0.3) is 0 Å². The molecule has 0 bridgehead atoms. The third-order valence-corrected chi connectivity index (χ3v) is 8.78. The zero-order chi connectivity index (χ0) is 31.6. The summed E-state index contributed by atoms with van der Waals surface area (Å²) >= 11 is 0. The minimum atomic E-state index is -4.93. The third-order valence-electron chi connectivity index (χ3n) is 7.29. The fraction of sp³-hybridized carbons (Fsp3) is 0.385. The molecule has 1 aliphatic heterocycles. The fourth-order valence-electron chi connectivity index (χ4n) is 5.03. The van der Waals surface area contributed by atoms with Crippen LogP contribution < -0.4 is 20.4 Å². The summed E-state index contributed by atoms with van der Waals surface area (Å²) in [4.78, 5) is 41.4. The number of quaternary nitrogens is 1. The Hall–Kier alpha value is -3.82. The number of likely N-dealkylation sites (N-methyl/N-ethyl adjacent to an activating group) is 1. The molecule has 43 heavy (non-hydrogen) atoms. The maximum atomic E-state index is 14.2. The number of carbonyl (C=O) groups excluding carboxylic acids is 1. The second kappa shape index (κ2) is 12.1. The molecule has 0 saturated heterocycles. The van der Waals surface area contributed by atoms with E-state index in [0.29, 0.717) is 11.9 Å². The van der Waals surface area contributed by atoms with Gasteiger partial charge in [-0.15, -0.1) is 0 Å². The lowest BCUT2D eigenvalue weighted by Gasteiger charge is -2.40. The molecule has 232 valence electrons. The van der Waals surface area contributed by atoms with E-state index in [4.69, 9.17) is 0 Å². The van der Waals surface area contributed by atoms with Gasteiger partial charge < -0.3 is 30.8 Å². The van der Waals surface area contributed by atoms with E-state index in [1.165, 1.54) is 31.5 Å². The molecule has 7 N–H and O–H groups in total. The summed E-state index contributed by atoms with van der Waals surface area (Å²) in [5, 5.41) is 22.3. The lowest BCUT2D eigenvalue weighted by molar-refractivity contribution is -0.137. The van der Waals surface area contributed by atoms with Gasteiger partial charge >= 0.3 is 19.7 Å². The molecule has 1 aliphatic carbocycles. The summed E-state index contributed by atoms with van der Waals surface area (Å²) in [7, 11) is -3.53. The Bertz CT molecular complexity index is 1540. The van der Waals surface area contributed by atoms with E-state index in [9.17, 15) is 37.4 Å². The minimum Gasteiger partial charge on any atom is -0.396 e. The summed E-state index contributed by atoms with van der Waals surface area (Å²) < 4.78 is 54.8. The monoisotopic (exact) mass is 625 g/mol. The van der Waals surface area contributed by atoms with Gasteiger partial charge in [-0.05, 0) is 25.2 Å². The molecule has 2 aliphatic rings. The van der Waals surface area contributed by atoms with Gasteiger partial charge in [0.05, 0.1) is 19.3 Å². The quantitative estimate of drug-likeness (QED) is 0.153. The molecular weight excluding hydrogens is 592 g/mol. The van der Waals surface area contributed by atoms with E-state index in [2.05, 4.69) is 36.1 Å². The number of aliphatic hydroxyl groups is 1. The van der Waals surface area contributed by atoms with Gasteiger partial charge in [0.1, 0.15) is 29.8 Å². The Kier molecular flexibility index (Phi) is 9.00. The van der Waals surface area contributed by atoms with Crippen molar-refractivity contribution >= 4 is 31.0 Å². The topological polar surface area (TPSA) is 185 Å². The number of hydrogen-bond donors (Lipinski definition) is 7. The summed E-state index contributed by atoms with van der Waals surface area (Å²) in [6.45, 7) is 3.71. The predicted molar refractivity (Wildman–Crippen MR) is 153 cm³/mol. The van der Waals surface area contributed by atoms with E-state index in [1.54, 1.807) is 32.2 Å². The van der Waals surface area contributed by atoms with Crippen molar-refractivity contribution in [1.82, 2.24) is 30.0 Å². The van der Waals surface area contributed by atoms with Gasteiger partial charge in [0, 0.05) is 25.6 Å². The molecule has 3 atom stereocenters. The number of H-pyrrole nitrogens is 1. The number of anilines is 2. The molecule has 0 aromatic carbocycles. The largest absolute Gasteiger partial charge is 0.421 e. The van der Waals surface area contributed by atoms with Crippen LogP contribution in [0.2, 0.25) is 0 Å². The smallest absolute Gasteiger partial charge is 0.396 e. The van der Waals surface area contributed by atoms with Crippen LogP contribution in [0.1, 0.15) is 25.8 Å². The zero-order valence-corrected chi connectivity index (χ0v) is 24.4. The van der Waals surface area contributed by atoms with Crippen LogP contribution in [-0.2, 0) is 15.5 Å². The van der Waals surface area contributed by atoms with Crippen LogP contribution in [0, 0.1) is 5.92 Å². The van der Waals surface area contributed by atoms with Crippen molar-refractivity contribution in [3.05, 3.63) is 71.5 Å². The van der Waals surface area contributed by atoms with Gasteiger partial charge in [-0.1, -0.05) is 24.6 Å². The molecule has 4 rings (SSSR count). The van der Waals surface area contributed by atoms with Crippen LogP contribution in [0.15, 0.2) is 65.9 Å².